The number of methoxy groups -OCH3 is 2. The number of nitrogens with two attached hydrogens (primary N) is 1. The fourth-order valence-electron chi connectivity index (χ4n) is 2.62. The summed E-state index contributed by atoms with van der Waals surface area (Å²) < 4.78 is 15.9. The van der Waals surface area contributed by atoms with Gasteiger partial charge in [-0.05, 0) is 30.0 Å². The monoisotopic (exact) mass is 321 g/mol. The number of guanidine groups is 1. The molecule has 1 aromatic carbocycles. The van der Waals surface area contributed by atoms with E-state index in [9.17, 15) is 0 Å². The number of rotatable bonds is 6. The van der Waals surface area contributed by atoms with Gasteiger partial charge in [-0.25, -0.2) is 0 Å². The summed E-state index contributed by atoms with van der Waals surface area (Å²) in [5.74, 6) is 2.52. The summed E-state index contributed by atoms with van der Waals surface area (Å²) in [6.45, 7) is 5.96. The first-order valence-electron chi connectivity index (χ1n) is 7.97. The lowest BCUT2D eigenvalue weighted by Crippen LogP contribution is -2.45. The fourth-order valence-corrected chi connectivity index (χ4v) is 2.62. The number of benzene rings is 1. The van der Waals surface area contributed by atoms with Crippen LogP contribution < -0.4 is 15.2 Å². The molecule has 23 heavy (non-hydrogen) atoms. The predicted molar refractivity (Wildman–Crippen MR) is 91.3 cm³/mol. The molecule has 0 amide bonds. The molecule has 1 atom stereocenters. The number of ether oxygens (including phenoxy) is 3. The van der Waals surface area contributed by atoms with E-state index >= 15 is 0 Å². The van der Waals surface area contributed by atoms with E-state index in [1.54, 1.807) is 14.2 Å². The van der Waals surface area contributed by atoms with E-state index in [1.807, 2.05) is 12.1 Å². The van der Waals surface area contributed by atoms with E-state index in [2.05, 4.69) is 22.9 Å². The average molecular weight is 321 g/mol. The van der Waals surface area contributed by atoms with Gasteiger partial charge in [-0.2, -0.15) is 0 Å². The van der Waals surface area contributed by atoms with Crippen LogP contribution in [0.25, 0.3) is 0 Å². The van der Waals surface area contributed by atoms with Crippen molar-refractivity contribution in [3.05, 3.63) is 23.8 Å². The largest absolute Gasteiger partial charge is 0.493 e. The molecule has 1 aromatic rings. The van der Waals surface area contributed by atoms with Crippen LogP contribution in [0, 0.1) is 5.92 Å². The molecule has 6 heteroatoms. The molecule has 1 aliphatic heterocycles. The zero-order valence-electron chi connectivity index (χ0n) is 14.2. The third-order valence-corrected chi connectivity index (χ3v) is 3.93. The fraction of sp³-hybridized carbons (Fsp3) is 0.588. The molecule has 0 bridgehead atoms. The van der Waals surface area contributed by atoms with Gasteiger partial charge in [0.05, 0.1) is 27.4 Å². The van der Waals surface area contributed by atoms with E-state index < -0.39 is 0 Å². The average Bonchev–Trinajstić information content (AvgIpc) is 2.60. The van der Waals surface area contributed by atoms with Gasteiger partial charge in [0.25, 0.3) is 0 Å². The third-order valence-electron chi connectivity index (χ3n) is 3.93. The Labute approximate surface area is 138 Å². The maximum absolute atomic E-state index is 6.06. The molecule has 1 unspecified atom stereocenters. The highest BCUT2D eigenvalue weighted by Gasteiger charge is 2.13. The molecule has 0 saturated carbocycles. The second-order valence-corrected chi connectivity index (χ2v) is 5.80. The van der Waals surface area contributed by atoms with Crippen molar-refractivity contribution in [2.75, 3.05) is 47.1 Å². The van der Waals surface area contributed by atoms with Crippen LogP contribution in [0.1, 0.15) is 12.5 Å². The first-order chi connectivity index (χ1) is 11.1. The molecule has 0 aromatic heterocycles. The third kappa shape index (κ3) is 5.03. The van der Waals surface area contributed by atoms with Gasteiger partial charge in [-0.15, -0.1) is 0 Å². The van der Waals surface area contributed by atoms with Gasteiger partial charge in [-0.3, -0.25) is 4.99 Å². The molecule has 2 N–H and O–H groups in total. The Morgan fingerprint density at radius 2 is 1.96 bits per heavy atom. The second kappa shape index (κ2) is 8.62. The molecule has 1 aliphatic rings. The van der Waals surface area contributed by atoms with E-state index in [-0.39, 0.29) is 0 Å². The van der Waals surface area contributed by atoms with Crippen LogP contribution in [0.3, 0.4) is 0 Å². The van der Waals surface area contributed by atoms with E-state index in [0.29, 0.717) is 18.4 Å². The minimum absolute atomic E-state index is 0.396. The first-order valence-corrected chi connectivity index (χ1v) is 7.97. The highest BCUT2D eigenvalue weighted by molar-refractivity contribution is 5.78. The summed E-state index contributed by atoms with van der Waals surface area (Å²) in [4.78, 5) is 6.61. The van der Waals surface area contributed by atoms with Gasteiger partial charge in [-0.1, -0.05) is 13.0 Å². The number of hydrogen-bond acceptors (Lipinski definition) is 4. The Morgan fingerprint density at radius 1 is 1.26 bits per heavy atom. The second-order valence-electron chi connectivity index (χ2n) is 5.80. The van der Waals surface area contributed by atoms with Gasteiger partial charge < -0.3 is 24.8 Å². The van der Waals surface area contributed by atoms with Crippen LogP contribution in [0.5, 0.6) is 11.5 Å². The highest BCUT2D eigenvalue weighted by atomic mass is 16.5. The van der Waals surface area contributed by atoms with Crippen LogP contribution in [-0.2, 0) is 11.2 Å². The minimum atomic E-state index is 0.396. The highest BCUT2D eigenvalue weighted by Crippen LogP contribution is 2.28. The molecule has 0 aliphatic carbocycles. The van der Waals surface area contributed by atoms with Crippen LogP contribution in [-0.4, -0.2) is 57.9 Å². The molecule has 6 nitrogen and oxygen atoms in total. The molecule has 2 rings (SSSR count). The van der Waals surface area contributed by atoms with Gasteiger partial charge in [0.2, 0.25) is 0 Å². The molecular formula is C17H27N3O3. The lowest BCUT2D eigenvalue weighted by molar-refractivity contribution is 0.0674. The minimum Gasteiger partial charge on any atom is -0.493 e. The van der Waals surface area contributed by atoms with Crippen molar-refractivity contribution in [2.24, 2.45) is 16.6 Å². The molecule has 1 fully saturated rings. The van der Waals surface area contributed by atoms with Crippen molar-refractivity contribution in [1.82, 2.24) is 4.90 Å². The van der Waals surface area contributed by atoms with Crippen LogP contribution in [0.2, 0.25) is 0 Å². The standard InChI is InChI=1S/C17H27N3O3/c1-13(12-19-17(18)20-6-8-23-9-7-20)10-14-4-5-15(21-2)16(11-14)22-3/h4-5,11,13H,6-10,12H2,1-3H3,(H2,18,19). The smallest absolute Gasteiger partial charge is 0.191 e. The van der Waals surface area contributed by atoms with Crippen molar-refractivity contribution < 1.29 is 14.2 Å². The number of hydrogen-bond donors (Lipinski definition) is 1. The summed E-state index contributed by atoms with van der Waals surface area (Å²) in [5.41, 5.74) is 7.26. The lowest BCUT2D eigenvalue weighted by Gasteiger charge is -2.27. The topological polar surface area (TPSA) is 69.3 Å². The van der Waals surface area contributed by atoms with Crippen molar-refractivity contribution >= 4 is 5.96 Å². The quantitative estimate of drug-likeness (QED) is 0.635. The Morgan fingerprint density at radius 3 is 2.61 bits per heavy atom. The van der Waals surface area contributed by atoms with Crippen LogP contribution in [0.15, 0.2) is 23.2 Å². The van der Waals surface area contributed by atoms with Crippen molar-refractivity contribution in [3.8, 4) is 11.5 Å². The molecule has 1 saturated heterocycles. The van der Waals surface area contributed by atoms with E-state index in [1.165, 1.54) is 5.56 Å². The summed E-state index contributed by atoms with van der Waals surface area (Å²) in [6.07, 6.45) is 0.917. The number of morpholine rings is 1. The summed E-state index contributed by atoms with van der Waals surface area (Å²) in [6, 6.07) is 6.02. The maximum atomic E-state index is 6.06. The van der Waals surface area contributed by atoms with E-state index in [0.717, 1.165) is 44.2 Å². The predicted octanol–water partition coefficient (Wildman–Crippen LogP) is 1.53. The zero-order chi connectivity index (χ0) is 16.7. The van der Waals surface area contributed by atoms with Crippen molar-refractivity contribution in [3.63, 3.8) is 0 Å². The Kier molecular flexibility index (Phi) is 6.52. The van der Waals surface area contributed by atoms with Crippen LogP contribution in [0.4, 0.5) is 0 Å². The Bertz CT molecular complexity index is 528. The Balaban J connectivity index is 1.90. The number of nitrogens with zero attached hydrogens (tertiary/aromatic N) is 2. The van der Waals surface area contributed by atoms with E-state index in [4.69, 9.17) is 19.9 Å². The summed E-state index contributed by atoms with van der Waals surface area (Å²) >= 11 is 0. The summed E-state index contributed by atoms with van der Waals surface area (Å²) in [5, 5.41) is 0. The molecule has 1 heterocycles. The molecule has 0 spiro atoms. The maximum Gasteiger partial charge on any atom is 0.191 e. The zero-order valence-corrected chi connectivity index (χ0v) is 14.2. The lowest BCUT2D eigenvalue weighted by atomic mass is 10.0. The van der Waals surface area contributed by atoms with Crippen LogP contribution >= 0.6 is 0 Å². The van der Waals surface area contributed by atoms with Crippen molar-refractivity contribution in [1.29, 1.82) is 0 Å². The molecular weight excluding hydrogens is 294 g/mol. The van der Waals surface area contributed by atoms with Crippen molar-refractivity contribution in [2.45, 2.75) is 13.3 Å². The molecule has 128 valence electrons. The van der Waals surface area contributed by atoms with Gasteiger partial charge in [0, 0.05) is 19.6 Å². The number of aliphatic imine (C=N–C) groups is 1. The van der Waals surface area contributed by atoms with Gasteiger partial charge in [0.15, 0.2) is 17.5 Å². The normalized spacial score (nSPS) is 17.0. The first kappa shape index (κ1) is 17.4. The van der Waals surface area contributed by atoms with Gasteiger partial charge >= 0.3 is 0 Å². The molecule has 0 radical (unpaired) electrons. The Hall–Kier alpha value is -1.95. The van der Waals surface area contributed by atoms with Gasteiger partial charge in [0.1, 0.15) is 0 Å². The summed E-state index contributed by atoms with van der Waals surface area (Å²) in [7, 11) is 3.29. The SMILES string of the molecule is COc1ccc(CC(C)CN=C(N)N2CCOCC2)cc1OC.